The summed E-state index contributed by atoms with van der Waals surface area (Å²) in [5, 5.41) is 3.29. The Hall–Kier alpha value is -0.810. The molecule has 0 aromatic rings. The Morgan fingerprint density at radius 1 is 1.08 bits per heavy atom. The van der Waals surface area contributed by atoms with Gasteiger partial charge in [-0.25, -0.2) is 4.79 Å². The number of nitrogens with one attached hydrogen (secondary N) is 1. The second-order valence-electron chi connectivity index (χ2n) is 8.95. The highest BCUT2D eigenvalue weighted by molar-refractivity contribution is 5.75. The largest absolute Gasteiger partial charge is 0.323 e. The predicted molar refractivity (Wildman–Crippen MR) is 98.2 cm³/mol. The molecule has 0 bridgehead atoms. The second-order valence-corrected chi connectivity index (χ2v) is 8.95. The summed E-state index contributed by atoms with van der Waals surface area (Å²) in [6.45, 7) is 8.77. The third kappa shape index (κ3) is 3.88. The maximum Gasteiger partial charge on any atom is 0.320 e. The van der Waals surface area contributed by atoms with Crippen LogP contribution in [0.3, 0.4) is 0 Å². The Labute approximate surface area is 147 Å². The molecule has 0 spiro atoms. The topological polar surface area (TPSA) is 38.8 Å². The molecule has 5 nitrogen and oxygen atoms in total. The monoisotopic (exact) mass is 336 g/mol. The minimum atomic E-state index is 0.226. The molecule has 3 rings (SSSR count). The normalized spacial score (nSPS) is 31.6. The van der Waals surface area contributed by atoms with Crippen molar-refractivity contribution in [3.63, 3.8) is 0 Å². The van der Waals surface area contributed by atoms with E-state index in [-0.39, 0.29) is 6.03 Å². The molecule has 1 aliphatic carbocycles. The van der Waals surface area contributed by atoms with Crippen molar-refractivity contribution < 1.29 is 4.79 Å². The number of rotatable bonds is 3. The van der Waals surface area contributed by atoms with Gasteiger partial charge in [0.25, 0.3) is 0 Å². The van der Waals surface area contributed by atoms with Crippen molar-refractivity contribution in [2.75, 3.05) is 40.3 Å². The molecule has 2 saturated heterocycles. The first-order chi connectivity index (χ1) is 11.4. The van der Waals surface area contributed by atoms with Crippen LogP contribution in [0.1, 0.15) is 52.4 Å². The number of carbonyl (C=O) groups excluding carboxylic acids is 1. The van der Waals surface area contributed by atoms with E-state index >= 15 is 0 Å². The Bertz CT molecular complexity index is 443. The Morgan fingerprint density at radius 3 is 2.42 bits per heavy atom. The molecule has 2 amide bonds. The number of hydrogen-bond acceptors (Lipinski definition) is 3. The fraction of sp³-hybridized carbons (Fsp3) is 0.947. The summed E-state index contributed by atoms with van der Waals surface area (Å²) in [5.41, 5.74) is 0.530. The molecular weight excluding hydrogens is 300 g/mol. The second kappa shape index (κ2) is 7.20. The van der Waals surface area contributed by atoms with E-state index < -0.39 is 0 Å². The Kier molecular flexibility index (Phi) is 5.40. The summed E-state index contributed by atoms with van der Waals surface area (Å²) in [4.78, 5) is 19.5. The van der Waals surface area contributed by atoms with Gasteiger partial charge < -0.3 is 15.1 Å². The van der Waals surface area contributed by atoms with Crippen molar-refractivity contribution >= 4 is 6.03 Å². The summed E-state index contributed by atoms with van der Waals surface area (Å²) < 4.78 is 0. The first-order valence-corrected chi connectivity index (χ1v) is 9.83. The Balaban J connectivity index is 1.49. The summed E-state index contributed by atoms with van der Waals surface area (Å²) in [6, 6.07) is 1.82. The molecule has 3 aliphatic rings. The Morgan fingerprint density at radius 2 is 1.79 bits per heavy atom. The summed E-state index contributed by atoms with van der Waals surface area (Å²) in [7, 11) is 4.00. The quantitative estimate of drug-likeness (QED) is 0.860. The van der Waals surface area contributed by atoms with Gasteiger partial charge >= 0.3 is 6.03 Å². The summed E-state index contributed by atoms with van der Waals surface area (Å²) in [6.07, 6.45) is 7.54. The summed E-state index contributed by atoms with van der Waals surface area (Å²) in [5.74, 6) is 0. The van der Waals surface area contributed by atoms with E-state index in [9.17, 15) is 4.79 Å². The van der Waals surface area contributed by atoms with Gasteiger partial charge in [-0.2, -0.15) is 0 Å². The van der Waals surface area contributed by atoms with E-state index in [0.717, 1.165) is 45.1 Å². The molecular formula is C19H36N4O. The van der Waals surface area contributed by atoms with Gasteiger partial charge in [-0.3, -0.25) is 4.90 Å². The predicted octanol–water partition coefficient (Wildman–Crippen LogP) is 2.38. The fourth-order valence-electron chi connectivity index (χ4n) is 4.71. The standard InChI is InChI=1S/C19H36N4O/c1-19(2)9-5-16(6-10-19)22-12-8-17(14-22)21(4)18(24)23-11-7-15(13-23)20-3/h15-17,20H,5-14H2,1-4H3/t15-,17+/m0/s1. The van der Waals surface area contributed by atoms with Crippen LogP contribution >= 0.6 is 0 Å². The van der Waals surface area contributed by atoms with Crippen molar-refractivity contribution in [2.45, 2.75) is 70.5 Å². The number of urea groups is 1. The first kappa shape index (κ1) is 18.0. The number of likely N-dealkylation sites (tertiary alicyclic amines) is 2. The number of likely N-dealkylation sites (N-methyl/N-ethyl adjacent to an activating group) is 2. The van der Waals surface area contributed by atoms with Crippen LogP contribution in [0.25, 0.3) is 0 Å². The van der Waals surface area contributed by atoms with Crippen LogP contribution in [0.15, 0.2) is 0 Å². The minimum absolute atomic E-state index is 0.226. The SMILES string of the molecule is CN[C@H]1CCN(C(=O)N(C)[C@@H]2CCN(C3CCC(C)(C)CC3)C2)C1. The van der Waals surface area contributed by atoms with Crippen LogP contribution in [0.5, 0.6) is 0 Å². The van der Waals surface area contributed by atoms with Gasteiger partial charge in [0.15, 0.2) is 0 Å². The fourth-order valence-corrected chi connectivity index (χ4v) is 4.71. The van der Waals surface area contributed by atoms with Gasteiger partial charge in [-0.05, 0) is 51.0 Å². The molecule has 24 heavy (non-hydrogen) atoms. The van der Waals surface area contributed by atoms with Gasteiger partial charge in [0.05, 0.1) is 0 Å². The third-order valence-electron chi connectivity index (χ3n) is 6.74. The van der Waals surface area contributed by atoms with Crippen LogP contribution in [0.4, 0.5) is 4.79 Å². The molecule has 3 fully saturated rings. The van der Waals surface area contributed by atoms with Gasteiger partial charge in [0.1, 0.15) is 0 Å². The van der Waals surface area contributed by atoms with Gasteiger partial charge in [-0.1, -0.05) is 13.8 Å². The number of amides is 2. The van der Waals surface area contributed by atoms with Crippen LogP contribution in [0, 0.1) is 5.41 Å². The van der Waals surface area contributed by atoms with E-state index in [1.807, 2.05) is 23.9 Å². The lowest BCUT2D eigenvalue weighted by atomic mass is 9.75. The van der Waals surface area contributed by atoms with Crippen LogP contribution in [-0.2, 0) is 0 Å². The highest BCUT2D eigenvalue weighted by Crippen LogP contribution is 2.38. The van der Waals surface area contributed by atoms with Crippen molar-refractivity contribution in [1.82, 2.24) is 20.0 Å². The molecule has 0 unspecified atom stereocenters. The van der Waals surface area contributed by atoms with Gasteiger partial charge in [0.2, 0.25) is 0 Å². The zero-order valence-electron chi connectivity index (χ0n) is 16.1. The minimum Gasteiger partial charge on any atom is -0.323 e. The van der Waals surface area contributed by atoms with Gasteiger partial charge in [0, 0.05) is 51.4 Å². The molecule has 2 aliphatic heterocycles. The van der Waals surface area contributed by atoms with Crippen LogP contribution in [-0.4, -0.2) is 79.1 Å². The van der Waals surface area contributed by atoms with Crippen molar-refractivity contribution in [2.24, 2.45) is 5.41 Å². The van der Waals surface area contributed by atoms with E-state index in [0.29, 0.717) is 17.5 Å². The van der Waals surface area contributed by atoms with Crippen molar-refractivity contribution in [3.8, 4) is 0 Å². The zero-order chi connectivity index (χ0) is 17.3. The van der Waals surface area contributed by atoms with Gasteiger partial charge in [-0.15, -0.1) is 0 Å². The third-order valence-corrected chi connectivity index (χ3v) is 6.74. The lowest BCUT2D eigenvalue weighted by Gasteiger charge is -2.39. The smallest absolute Gasteiger partial charge is 0.320 e. The molecule has 2 atom stereocenters. The van der Waals surface area contributed by atoms with Crippen molar-refractivity contribution in [1.29, 1.82) is 0 Å². The van der Waals surface area contributed by atoms with Crippen LogP contribution < -0.4 is 5.32 Å². The highest BCUT2D eigenvalue weighted by Gasteiger charge is 2.37. The van der Waals surface area contributed by atoms with E-state index in [4.69, 9.17) is 0 Å². The molecule has 138 valence electrons. The van der Waals surface area contributed by atoms with Crippen LogP contribution in [0.2, 0.25) is 0 Å². The average Bonchev–Trinajstić information content (AvgIpc) is 3.22. The lowest BCUT2D eigenvalue weighted by molar-refractivity contribution is 0.116. The highest BCUT2D eigenvalue weighted by atomic mass is 16.2. The average molecular weight is 337 g/mol. The molecule has 5 heteroatoms. The van der Waals surface area contributed by atoms with E-state index in [1.165, 1.54) is 25.7 Å². The summed E-state index contributed by atoms with van der Waals surface area (Å²) >= 11 is 0. The molecule has 0 radical (unpaired) electrons. The molecule has 1 N–H and O–H groups in total. The lowest BCUT2D eigenvalue weighted by Crippen LogP contribution is -2.47. The number of carbonyl (C=O) groups is 1. The molecule has 2 heterocycles. The van der Waals surface area contributed by atoms with E-state index in [2.05, 4.69) is 24.1 Å². The number of hydrogen-bond donors (Lipinski definition) is 1. The molecule has 0 aromatic carbocycles. The van der Waals surface area contributed by atoms with Crippen molar-refractivity contribution in [3.05, 3.63) is 0 Å². The number of nitrogens with zero attached hydrogens (tertiary/aromatic N) is 3. The zero-order valence-corrected chi connectivity index (χ0v) is 16.1. The molecule has 1 saturated carbocycles. The maximum atomic E-state index is 12.8. The first-order valence-electron chi connectivity index (χ1n) is 9.83. The molecule has 0 aromatic heterocycles. The van der Waals surface area contributed by atoms with E-state index in [1.54, 1.807) is 0 Å². The maximum absolute atomic E-state index is 12.8.